The highest BCUT2D eigenvalue weighted by atomic mass is 35.5. The van der Waals surface area contributed by atoms with Gasteiger partial charge in [-0.3, -0.25) is 0 Å². The molecule has 0 radical (unpaired) electrons. The van der Waals surface area contributed by atoms with Crippen LogP contribution in [0.3, 0.4) is 0 Å². The van der Waals surface area contributed by atoms with Crippen molar-refractivity contribution >= 4 is 34.0 Å². The van der Waals surface area contributed by atoms with Gasteiger partial charge in [0.2, 0.25) is 0 Å². The highest BCUT2D eigenvalue weighted by molar-refractivity contribution is 6.32. The molecule has 20 heavy (non-hydrogen) atoms. The average Bonchev–Trinajstić information content (AvgIpc) is 2.49. The number of hydrogen-bond acceptors (Lipinski definition) is 1. The van der Waals surface area contributed by atoms with Gasteiger partial charge in [-0.2, -0.15) is 0 Å². The van der Waals surface area contributed by atoms with Crippen LogP contribution >= 0.6 is 23.2 Å². The van der Waals surface area contributed by atoms with E-state index >= 15 is 0 Å². The molecule has 0 atom stereocenters. The number of alkyl halides is 1. The van der Waals surface area contributed by atoms with Crippen LogP contribution in [0.4, 0.5) is 0 Å². The lowest BCUT2D eigenvalue weighted by atomic mass is 10.1. The third kappa shape index (κ3) is 2.60. The summed E-state index contributed by atoms with van der Waals surface area (Å²) in [5.41, 5.74) is 1.05. The Morgan fingerprint density at radius 3 is 2.45 bits per heavy atom. The highest BCUT2D eigenvalue weighted by Crippen LogP contribution is 2.32. The predicted octanol–water partition coefficient (Wildman–Crippen LogP) is 6.02. The molecule has 0 saturated heterocycles. The van der Waals surface area contributed by atoms with Gasteiger partial charge in [0.25, 0.3) is 0 Å². The summed E-state index contributed by atoms with van der Waals surface area (Å²) in [6.07, 6.45) is 0. The highest BCUT2D eigenvalue weighted by Gasteiger charge is 2.06. The van der Waals surface area contributed by atoms with E-state index in [-0.39, 0.29) is 0 Å². The third-order valence-corrected chi connectivity index (χ3v) is 3.73. The zero-order valence-corrected chi connectivity index (χ0v) is 12.2. The first kappa shape index (κ1) is 13.3. The monoisotopic (exact) mass is 302 g/mol. The standard InChI is InChI=1S/C17H12Cl2O/c18-11-13-10-14(9-12-5-1-2-6-15(12)13)20-17-8-4-3-7-16(17)19/h1-10H,11H2. The molecule has 0 unspecified atom stereocenters. The Morgan fingerprint density at radius 1 is 0.900 bits per heavy atom. The number of para-hydroxylation sites is 1. The van der Waals surface area contributed by atoms with Crippen molar-refractivity contribution in [2.45, 2.75) is 5.88 Å². The third-order valence-electron chi connectivity index (χ3n) is 3.13. The van der Waals surface area contributed by atoms with Crippen molar-refractivity contribution in [3.05, 3.63) is 71.2 Å². The van der Waals surface area contributed by atoms with E-state index in [0.29, 0.717) is 16.7 Å². The van der Waals surface area contributed by atoms with Gasteiger partial charge in [0.15, 0.2) is 0 Å². The minimum absolute atomic E-state index is 0.445. The lowest BCUT2D eigenvalue weighted by Gasteiger charge is -2.11. The van der Waals surface area contributed by atoms with Crippen molar-refractivity contribution in [2.24, 2.45) is 0 Å². The van der Waals surface area contributed by atoms with Crippen molar-refractivity contribution in [1.82, 2.24) is 0 Å². The SMILES string of the molecule is ClCc1cc(Oc2ccccc2Cl)cc2ccccc12. The van der Waals surface area contributed by atoms with Gasteiger partial charge in [-0.25, -0.2) is 0 Å². The molecule has 100 valence electrons. The summed E-state index contributed by atoms with van der Waals surface area (Å²) in [5.74, 6) is 1.83. The second-order valence-electron chi connectivity index (χ2n) is 4.47. The van der Waals surface area contributed by atoms with Crippen molar-refractivity contribution in [1.29, 1.82) is 0 Å². The fourth-order valence-electron chi connectivity index (χ4n) is 2.18. The topological polar surface area (TPSA) is 9.23 Å². The Morgan fingerprint density at radius 2 is 1.65 bits per heavy atom. The number of benzene rings is 3. The van der Waals surface area contributed by atoms with Crippen LogP contribution in [-0.2, 0) is 5.88 Å². The smallest absolute Gasteiger partial charge is 0.146 e. The summed E-state index contributed by atoms with van der Waals surface area (Å²) in [6, 6.07) is 19.5. The van der Waals surface area contributed by atoms with Gasteiger partial charge in [-0.15, -0.1) is 11.6 Å². The summed E-state index contributed by atoms with van der Waals surface area (Å²) < 4.78 is 5.87. The van der Waals surface area contributed by atoms with Gasteiger partial charge in [-0.05, 0) is 40.6 Å². The van der Waals surface area contributed by atoms with Crippen molar-refractivity contribution < 1.29 is 4.74 Å². The maximum Gasteiger partial charge on any atom is 0.146 e. The van der Waals surface area contributed by atoms with Crippen LogP contribution < -0.4 is 4.74 Å². The number of rotatable bonds is 3. The van der Waals surface area contributed by atoms with Crippen LogP contribution in [0.1, 0.15) is 5.56 Å². The van der Waals surface area contributed by atoms with Crippen LogP contribution in [0.25, 0.3) is 10.8 Å². The van der Waals surface area contributed by atoms with E-state index in [2.05, 4.69) is 6.07 Å². The second kappa shape index (κ2) is 5.74. The zero-order valence-electron chi connectivity index (χ0n) is 10.6. The molecule has 3 aromatic rings. The molecule has 1 nitrogen and oxygen atoms in total. The quantitative estimate of drug-likeness (QED) is 0.537. The number of hydrogen-bond donors (Lipinski definition) is 0. The molecule has 0 aliphatic rings. The fourth-order valence-corrected chi connectivity index (χ4v) is 2.58. The van der Waals surface area contributed by atoms with E-state index in [1.165, 1.54) is 0 Å². The van der Waals surface area contributed by atoms with Gasteiger partial charge in [-0.1, -0.05) is 48.0 Å². The van der Waals surface area contributed by atoms with E-state index in [1.54, 1.807) is 6.07 Å². The van der Waals surface area contributed by atoms with E-state index in [9.17, 15) is 0 Å². The largest absolute Gasteiger partial charge is 0.456 e. The molecule has 0 amide bonds. The second-order valence-corrected chi connectivity index (χ2v) is 5.14. The molecule has 0 aromatic heterocycles. The Kier molecular flexibility index (Phi) is 3.81. The first-order valence-corrected chi connectivity index (χ1v) is 7.19. The molecular weight excluding hydrogens is 291 g/mol. The van der Waals surface area contributed by atoms with Gasteiger partial charge >= 0.3 is 0 Å². The molecule has 0 fully saturated rings. The molecule has 0 aliphatic heterocycles. The molecule has 3 aromatic carbocycles. The normalized spacial score (nSPS) is 10.7. The first-order valence-electron chi connectivity index (χ1n) is 6.28. The minimum Gasteiger partial charge on any atom is -0.456 e. The number of ether oxygens (including phenoxy) is 1. The Balaban J connectivity index is 2.06. The Labute approximate surface area is 127 Å². The van der Waals surface area contributed by atoms with E-state index in [0.717, 1.165) is 22.1 Å². The number of fused-ring (bicyclic) bond motifs is 1. The lowest BCUT2D eigenvalue weighted by Crippen LogP contribution is -1.89. The fraction of sp³-hybridized carbons (Fsp3) is 0.0588. The maximum absolute atomic E-state index is 6.11. The molecule has 0 bridgehead atoms. The molecule has 0 N–H and O–H groups in total. The van der Waals surface area contributed by atoms with Gasteiger partial charge in [0.05, 0.1) is 5.02 Å². The minimum atomic E-state index is 0.445. The first-order chi connectivity index (χ1) is 9.78. The molecule has 0 heterocycles. The maximum atomic E-state index is 6.11. The zero-order chi connectivity index (χ0) is 13.9. The Hall–Kier alpha value is -1.70. The molecule has 0 aliphatic carbocycles. The van der Waals surface area contributed by atoms with E-state index in [1.807, 2.05) is 48.5 Å². The summed E-state index contributed by atoms with van der Waals surface area (Å²) >= 11 is 12.1. The molecular formula is C17H12Cl2O. The van der Waals surface area contributed by atoms with Crippen molar-refractivity contribution in [3.8, 4) is 11.5 Å². The van der Waals surface area contributed by atoms with Crippen LogP contribution in [0.2, 0.25) is 5.02 Å². The van der Waals surface area contributed by atoms with E-state index in [4.69, 9.17) is 27.9 Å². The van der Waals surface area contributed by atoms with Crippen LogP contribution in [-0.4, -0.2) is 0 Å². The van der Waals surface area contributed by atoms with Crippen LogP contribution in [0, 0.1) is 0 Å². The molecule has 3 heteroatoms. The lowest BCUT2D eigenvalue weighted by molar-refractivity contribution is 0.483. The van der Waals surface area contributed by atoms with Gasteiger partial charge in [0, 0.05) is 5.88 Å². The summed E-state index contributed by atoms with van der Waals surface area (Å²) in [6.45, 7) is 0. The van der Waals surface area contributed by atoms with Gasteiger partial charge in [0.1, 0.15) is 11.5 Å². The average molecular weight is 303 g/mol. The van der Waals surface area contributed by atoms with Crippen LogP contribution in [0.15, 0.2) is 60.7 Å². The summed E-state index contributed by atoms with van der Waals surface area (Å²) in [4.78, 5) is 0. The summed E-state index contributed by atoms with van der Waals surface area (Å²) in [5, 5.41) is 2.84. The molecule has 0 spiro atoms. The van der Waals surface area contributed by atoms with E-state index < -0.39 is 0 Å². The van der Waals surface area contributed by atoms with Crippen molar-refractivity contribution in [2.75, 3.05) is 0 Å². The van der Waals surface area contributed by atoms with Gasteiger partial charge < -0.3 is 4.74 Å². The van der Waals surface area contributed by atoms with Crippen LogP contribution in [0.5, 0.6) is 11.5 Å². The molecule has 0 saturated carbocycles. The molecule has 3 rings (SSSR count). The number of halogens is 2. The summed E-state index contributed by atoms with van der Waals surface area (Å²) in [7, 11) is 0. The Bertz CT molecular complexity index is 753. The van der Waals surface area contributed by atoms with Crippen molar-refractivity contribution in [3.63, 3.8) is 0 Å². The predicted molar refractivity (Wildman–Crippen MR) is 85.0 cm³/mol.